The van der Waals surface area contributed by atoms with E-state index in [2.05, 4.69) is 15.1 Å². The van der Waals surface area contributed by atoms with Gasteiger partial charge in [0, 0.05) is 36.7 Å². The van der Waals surface area contributed by atoms with Crippen LogP contribution in [0.4, 0.5) is 5.69 Å². The molecule has 0 radical (unpaired) electrons. The third-order valence-corrected chi connectivity index (χ3v) is 6.20. The molecule has 1 amide bonds. The molecule has 0 aliphatic rings. The van der Waals surface area contributed by atoms with Gasteiger partial charge in [-0.1, -0.05) is 25.1 Å². The molecule has 0 aliphatic carbocycles. The molecule has 3 rings (SSSR count). The van der Waals surface area contributed by atoms with E-state index in [1.165, 1.54) is 6.07 Å². The predicted molar refractivity (Wildman–Crippen MR) is 117 cm³/mol. The fraction of sp³-hybridized carbons (Fsp3) is 0.273. The molecule has 0 aliphatic heterocycles. The standard InChI is InChI=1S/C22H26N4O3S/c1-16-8-9-18(3)21(12-16)30(28,29)25-20-7-4-6-19(13-20)22(27)23-14-17(2)15-26-11-5-10-24-26/h4-13,17,25H,14-15H2,1-3H3,(H,23,27). The summed E-state index contributed by atoms with van der Waals surface area (Å²) in [5, 5.41) is 7.05. The Bertz CT molecular complexity index is 1130. The quantitative estimate of drug-likeness (QED) is 0.578. The summed E-state index contributed by atoms with van der Waals surface area (Å²) in [4.78, 5) is 12.8. The van der Waals surface area contributed by atoms with Gasteiger partial charge in [0.05, 0.1) is 4.90 Å². The van der Waals surface area contributed by atoms with E-state index in [0.29, 0.717) is 29.9 Å². The normalized spacial score (nSPS) is 12.4. The average Bonchev–Trinajstić information content (AvgIpc) is 3.20. The molecule has 0 bridgehead atoms. The van der Waals surface area contributed by atoms with Crippen LogP contribution < -0.4 is 10.0 Å². The van der Waals surface area contributed by atoms with Gasteiger partial charge in [-0.15, -0.1) is 0 Å². The highest BCUT2D eigenvalue weighted by atomic mass is 32.2. The second-order valence-corrected chi connectivity index (χ2v) is 9.15. The summed E-state index contributed by atoms with van der Waals surface area (Å²) in [5.74, 6) is -0.0602. The highest BCUT2D eigenvalue weighted by Gasteiger charge is 2.18. The van der Waals surface area contributed by atoms with Crippen LogP contribution in [0.25, 0.3) is 0 Å². The molecular formula is C22H26N4O3S. The molecule has 8 heteroatoms. The van der Waals surface area contributed by atoms with Crippen LogP contribution in [0.1, 0.15) is 28.4 Å². The van der Waals surface area contributed by atoms with E-state index in [1.54, 1.807) is 43.5 Å². The Morgan fingerprint density at radius 3 is 2.67 bits per heavy atom. The van der Waals surface area contributed by atoms with Crippen molar-refractivity contribution < 1.29 is 13.2 Å². The summed E-state index contributed by atoms with van der Waals surface area (Å²) in [6.07, 6.45) is 3.60. The van der Waals surface area contributed by atoms with Crippen molar-refractivity contribution in [2.24, 2.45) is 5.92 Å². The highest BCUT2D eigenvalue weighted by molar-refractivity contribution is 7.92. The van der Waals surface area contributed by atoms with E-state index in [9.17, 15) is 13.2 Å². The number of hydrogen-bond donors (Lipinski definition) is 2. The summed E-state index contributed by atoms with van der Waals surface area (Å²) in [7, 11) is -3.76. The molecule has 7 nitrogen and oxygen atoms in total. The monoisotopic (exact) mass is 426 g/mol. The lowest BCUT2D eigenvalue weighted by atomic mass is 10.1. The fourth-order valence-corrected chi connectivity index (χ4v) is 4.47. The average molecular weight is 427 g/mol. The maximum Gasteiger partial charge on any atom is 0.262 e. The SMILES string of the molecule is Cc1ccc(C)c(S(=O)(=O)Nc2cccc(C(=O)NCC(C)Cn3cccn3)c2)c1. The maximum atomic E-state index is 12.8. The first-order chi connectivity index (χ1) is 14.2. The second-order valence-electron chi connectivity index (χ2n) is 7.50. The van der Waals surface area contributed by atoms with E-state index in [4.69, 9.17) is 0 Å². The molecule has 1 heterocycles. The summed E-state index contributed by atoms with van der Waals surface area (Å²) in [5.41, 5.74) is 2.25. The van der Waals surface area contributed by atoms with Gasteiger partial charge in [-0.3, -0.25) is 14.2 Å². The van der Waals surface area contributed by atoms with Crippen molar-refractivity contribution in [2.45, 2.75) is 32.2 Å². The van der Waals surface area contributed by atoms with Gasteiger partial charge in [-0.2, -0.15) is 5.10 Å². The minimum atomic E-state index is -3.76. The zero-order valence-electron chi connectivity index (χ0n) is 17.3. The van der Waals surface area contributed by atoms with Gasteiger partial charge >= 0.3 is 0 Å². The minimum Gasteiger partial charge on any atom is -0.352 e. The summed E-state index contributed by atoms with van der Waals surface area (Å²) >= 11 is 0. The topological polar surface area (TPSA) is 93.1 Å². The van der Waals surface area contributed by atoms with Crippen LogP contribution in [0, 0.1) is 19.8 Å². The van der Waals surface area contributed by atoms with Gasteiger partial charge in [-0.05, 0) is 61.2 Å². The van der Waals surface area contributed by atoms with Crippen molar-refractivity contribution in [3.05, 3.63) is 77.6 Å². The molecule has 0 saturated carbocycles. The number of carbonyl (C=O) groups is 1. The molecule has 158 valence electrons. The maximum absolute atomic E-state index is 12.8. The number of hydrogen-bond acceptors (Lipinski definition) is 4. The van der Waals surface area contributed by atoms with Gasteiger partial charge < -0.3 is 5.32 Å². The Kier molecular flexibility index (Phi) is 6.56. The molecule has 2 N–H and O–H groups in total. The van der Waals surface area contributed by atoms with Crippen molar-refractivity contribution in [1.29, 1.82) is 0 Å². The van der Waals surface area contributed by atoms with E-state index in [1.807, 2.05) is 36.9 Å². The second kappa shape index (κ2) is 9.13. The van der Waals surface area contributed by atoms with Gasteiger partial charge in [-0.25, -0.2) is 8.42 Å². The molecule has 0 spiro atoms. The van der Waals surface area contributed by atoms with Gasteiger partial charge in [0.2, 0.25) is 0 Å². The Morgan fingerprint density at radius 2 is 1.93 bits per heavy atom. The molecule has 1 unspecified atom stereocenters. The van der Waals surface area contributed by atoms with Crippen LogP contribution in [0.3, 0.4) is 0 Å². The van der Waals surface area contributed by atoms with Crippen LogP contribution in [0.2, 0.25) is 0 Å². The van der Waals surface area contributed by atoms with Gasteiger partial charge in [0.15, 0.2) is 0 Å². The Balaban J connectivity index is 1.66. The summed E-state index contributed by atoms with van der Waals surface area (Å²) in [6, 6.07) is 13.6. The van der Waals surface area contributed by atoms with Crippen LogP contribution >= 0.6 is 0 Å². The van der Waals surface area contributed by atoms with E-state index >= 15 is 0 Å². The molecule has 0 fully saturated rings. The van der Waals surface area contributed by atoms with Gasteiger partial charge in [0.25, 0.3) is 15.9 Å². The lowest BCUT2D eigenvalue weighted by molar-refractivity contribution is 0.0946. The zero-order chi connectivity index (χ0) is 21.7. The lowest BCUT2D eigenvalue weighted by Crippen LogP contribution is -2.30. The van der Waals surface area contributed by atoms with Gasteiger partial charge in [0.1, 0.15) is 0 Å². The molecule has 1 atom stereocenters. The van der Waals surface area contributed by atoms with E-state index in [-0.39, 0.29) is 16.7 Å². The van der Waals surface area contributed by atoms with Crippen LogP contribution in [-0.4, -0.2) is 30.7 Å². The number of benzene rings is 2. The smallest absolute Gasteiger partial charge is 0.262 e. The summed E-state index contributed by atoms with van der Waals surface area (Å²) in [6.45, 7) is 6.80. The predicted octanol–water partition coefficient (Wildman–Crippen LogP) is 3.37. The number of amides is 1. The molecular weight excluding hydrogens is 400 g/mol. The van der Waals surface area contributed by atoms with Crippen molar-refractivity contribution in [2.75, 3.05) is 11.3 Å². The first-order valence-electron chi connectivity index (χ1n) is 9.70. The number of carbonyl (C=O) groups excluding carboxylic acids is 1. The zero-order valence-corrected chi connectivity index (χ0v) is 18.1. The molecule has 2 aromatic carbocycles. The number of aryl methyl sites for hydroxylation is 2. The van der Waals surface area contributed by atoms with E-state index < -0.39 is 10.0 Å². The number of anilines is 1. The molecule has 1 aromatic heterocycles. The number of nitrogens with one attached hydrogen (secondary N) is 2. The highest BCUT2D eigenvalue weighted by Crippen LogP contribution is 2.21. The van der Waals surface area contributed by atoms with E-state index in [0.717, 1.165) is 5.56 Å². The Hall–Kier alpha value is -3.13. The number of rotatable bonds is 8. The summed E-state index contributed by atoms with van der Waals surface area (Å²) < 4.78 is 30.0. The first-order valence-corrected chi connectivity index (χ1v) is 11.2. The number of nitrogens with zero attached hydrogens (tertiary/aromatic N) is 2. The third kappa shape index (κ3) is 5.48. The molecule has 0 saturated heterocycles. The van der Waals surface area contributed by atoms with Crippen molar-refractivity contribution >= 4 is 21.6 Å². The largest absolute Gasteiger partial charge is 0.352 e. The van der Waals surface area contributed by atoms with Crippen molar-refractivity contribution in [1.82, 2.24) is 15.1 Å². The van der Waals surface area contributed by atoms with Crippen LogP contribution in [-0.2, 0) is 16.6 Å². The Labute approximate surface area is 177 Å². The third-order valence-electron chi connectivity index (χ3n) is 4.68. The molecule has 30 heavy (non-hydrogen) atoms. The number of sulfonamides is 1. The molecule has 3 aromatic rings. The van der Waals surface area contributed by atoms with Crippen LogP contribution in [0.15, 0.2) is 65.8 Å². The first kappa shape index (κ1) is 21.6. The number of aromatic nitrogens is 2. The minimum absolute atomic E-state index is 0.194. The van der Waals surface area contributed by atoms with Crippen LogP contribution in [0.5, 0.6) is 0 Å². The lowest BCUT2D eigenvalue weighted by Gasteiger charge is -2.14. The van der Waals surface area contributed by atoms with Crippen molar-refractivity contribution in [3.8, 4) is 0 Å². The van der Waals surface area contributed by atoms with Crippen molar-refractivity contribution in [3.63, 3.8) is 0 Å². The Morgan fingerprint density at radius 1 is 1.13 bits per heavy atom. The fourth-order valence-electron chi connectivity index (χ4n) is 3.09.